The first kappa shape index (κ1) is 22.5. The molecule has 0 aromatic heterocycles. The molecule has 2 heterocycles. The third kappa shape index (κ3) is 4.08. The number of esters is 1. The lowest BCUT2D eigenvalue weighted by atomic mass is 9.98. The number of para-hydroxylation sites is 1. The molecule has 4 rings (SSSR count). The normalized spacial score (nSPS) is 20.2. The molecule has 172 valence electrons. The number of carbonyl (C=O) groups is 4. The van der Waals surface area contributed by atoms with Crippen LogP contribution in [-0.4, -0.2) is 47.9 Å². The Hall–Kier alpha value is -3.68. The Balaban J connectivity index is 1.60. The van der Waals surface area contributed by atoms with E-state index in [0.717, 1.165) is 11.1 Å². The van der Waals surface area contributed by atoms with E-state index in [2.05, 4.69) is 5.32 Å². The maximum absolute atomic E-state index is 13.4. The first-order valence-electron chi connectivity index (χ1n) is 10.9. The highest BCUT2D eigenvalue weighted by atomic mass is 16.5. The van der Waals surface area contributed by atoms with Crippen LogP contribution in [0.2, 0.25) is 0 Å². The maximum atomic E-state index is 13.4. The number of carbonyl (C=O) groups excluding carboxylic acids is 4. The number of nitrogens with zero attached hydrogens (tertiary/aromatic N) is 2. The van der Waals surface area contributed by atoms with Crippen molar-refractivity contribution in [1.82, 2.24) is 10.2 Å². The third-order valence-corrected chi connectivity index (χ3v) is 6.46. The highest BCUT2D eigenvalue weighted by Gasteiger charge is 2.53. The largest absolute Gasteiger partial charge is 0.469 e. The molecule has 0 saturated carbocycles. The van der Waals surface area contributed by atoms with E-state index in [1.807, 2.05) is 38.1 Å². The van der Waals surface area contributed by atoms with Gasteiger partial charge in [-0.15, -0.1) is 0 Å². The number of nitrogens with one attached hydrogen (secondary N) is 1. The molecule has 8 heteroatoms. The molecule has 2 unspecified atom stereocenters. The molecule has 0 radical (unpaired) electrons. The van der Waals surface area contributed by atoms with Gasteiger partial charge in [0.05, 0.1) is 30.8 Å². The van der Waals surface area contributed by atoms with Crippen molar-refractivity contribution in [3.63, 3.8) is 0 Å². The van der Waals surface area contributed by atoms with Gasteiger partial charge in [0.25, 0.3) is 5.91 Å². The summed E-state index contributed by atoms with van der Waals surface area (Å²) >= 11 is 0. The quantitative estimate of drug-likeness (QED) is 0.684. The fraction of sp³-hybridized carbons (Fsp3) is 0.360. The summed E-state index contributed by atoms with van der Waals surface area (Å²) in [5.74, 6) is -1.25. The standard InChI is InChI=1S/C25H27N3O5/c1-16-8-10-17(11-9-16)19(14-23(31)33-3)26-21(29)15-27-24(32)18-6-4-5-7-20(18)28-22(30)12-13-25(27,28)2/h4-11,19H,12-15H2,1-3H3,(H,26,29). The van der Waals surface area contributed by atoms with Crippen LogP contribution >= 0.6 is 0 Å². The van der Waals surface area contributed by atoms with Gasteiger partial charge in [0.2, 0.25) is 11.8 Å². The predicted octanol–water partition coefficient (Wildman–Crippen LogP) is 2.71. The summed E-state index contributed by atoms with van der Waals surface area (Å²) in [5, 5.41) is 2.88. The molecule has 2 aromatic rings. The summed E-state index contributed by atoms with van der Waals surface area (Å²) in [5.41, 5.74) is 1.86. The Morgan fingerprint density at radius 3 is 2.52 bits per heavy atom. The second-order valence-electron chi connectivity index (χ2n) is 8.67. The molecule has 0 aliphatic carbocycles. The van der Waals surface area contributed by atoms with E-state index in [0.29, 0.717) is 24.1 Å². The number of hydrogen-bond acceptors (Lipinski definition) is 5. The average molecular weight is 450 g/mol. The van der Waals surface area contributed by atoms with Gasteiger partial charge in [-0.05, 0) is 38.0 Å². The second-order valence-corrected chi connectivity index (χ2v) is 8.67. The van der Waals surface area contributed by atoms with Crippen LogP contribution in [0.1, 0.15) is 53.7 Å². The molecule has 33 heavy (non-hydrogen) atoms. The highest BCUT2D eigenvalue weighted by Crippen LogP contribution is 2.43. The number of hydrogen-bond donors (Lipinski definition) is 1. The van der Waals surface area contributed by atoms with Crippen LogP contribution in [0.25, 0.3) is 0 Å². The van der Waals surface area contributed by atoms with Gasteiger partial charge in [-0.2, -0.15) is 0 Å². The van der Waals surface area contributed by atoms with Crippen molar-refractivity contribution in [3.8, 4) is 0 Å². The van der Waals surface area contributed by atoms with Crippen LogP contribution in [-0.2, 0) is 19.1 Å². The smallest absolute Gasteiger partial charge is 0.307 e. The molecule has 8 nitrogen and oxygen atoms in total. The zero-order valence-electron chi connectivity index (χ0n) is 19.0. The number of methoxy groups -OCH3 is 1. The molecule has 2 aliphatic rings. The molecule has 2 aromatic carbocycles. The SMILES string of the molecule is COC(=O)CC(NC(=O)CN1C(=O)c2ccccc2N2C(=O)CCC12C)c1ccc(C)cc1. The van der Waals surface area contributed by atoms with Crippen LogP contribution in [0, 0.1) is 6.92 Å². The first-order valence-corrected chi connectivity index (χ1v) is 10.9. The van der Waals surface area contributed by atoms with Crippen molar-refractivity contribution in [2.75, 3.05) is 18.6 Å². The number of aryl methyl sites for hydroxylation is 1. The summed E-state index contributed by atoms with van der Waals surface area (Å²) in [4.78, 5) is 54.3. The van der Waals surface area contributed by atoms with Gasteiger partial charge >= 0.3 is 5.97 Å². The topological polar surface area (TPSA) is 96.0 Å². The molecule has 1 fully saturated rings. The second kappa shape index (κ2) is 8.69. The zero-order chi connectivity index (χ0) is 23.8. The first-order chi connectivity index (χ1) is 15.7. The van der Waals surface area contributed by atoms with Crippen LogP contribution in [0.3, 0.4) is 0 Å². The fourth-order valence-electron chi connectivity index (χ4n) is 4.63. The molecule has 1 N–H and O–H groups in total. The summed E-state index contributed by atoms with van der Waals surface area (Å²) in [6.45, 7) is 3.52. The van der Waals surface area contributed by atoms with Crippen molar-refractivity contribution in [2.24, 2.45) is 0 Å². The minimum atomic E-state index is -0.929. The van der Waals surface area contributed by atoms with Crippen molar-refractivity contribution in [3.05, 3.63) is 65.2 Å². The van der Waals surface area contributed by atoms with Crippen LogP contribution < -0.4 is 10.2 Å². The lowest BCUT2D eigenvalue weighted by molar-refractivity contribution is -0.141. The minimum absolute atomic E-state index is 0.0377. The molecule has 2 aliphatic heterocycles. The summed E-state index contributed by atoms with van der Waals surface area (Å²) in [7, 11) is 1.30. The third-order valence-electron chi connectivity index (χ3n) is 6.46. The monoisotopic (exact) mass is 449 g/mol. The van der Waals surface area contributed by atoms with E-state index in [4.69, 9.17) is 4.74 Å². The van der Waals surface area contributed by atoms with Gasteiger partial charge in [0.1, 0.15) is 12.2 Å². The lowest BCUT2D eigenvalue weighted by Gasteiger charge is -2.48. The number of rotatable bonds is 6. The summed E-state index contributed by atoms with van der Waals surface area (Å²) in [6, 6.07) is 13.9. The molecular weight excluding hydrogens is 422 g/mol. The Labute approximate surface area is 192 Å². The van der Waals surface area contributed by atoms with E-state index in [-0.39, 0.29) is 24.8 Å². The van der Waals surface area contributed by atoms with Crippen LogP contribution in [0.15, 0.2) is 48.5 Å². The Kier molecular flexibility index (Phi) is 5.93. The van der Waals surface area contributed by atoms with E-state index in [1.54, 1.807) is 29.2 Å². The van der Waals surface area contributed by atoms with Crippen molar-refractivity contribution >= 4 is 29.4 Å². The summed E-state index contributed by atoms with van der Waals surface area (Å²) in [6.07, 6.45) is 0.692. The number of ether oxygens (including phenoxy) is 1. The molecule has 0 bridgehead atoms. The number of benzene rings is 2. The van der Waals surface area contributed by atoms with Gasteiger partial charge < -0.3 is 15.0 Å². The fourth-order valence-corrected chi connectivity index (χ4v) is 4.63. The molecule has 2 atom stereocenters. The van der Waals surface area contributed by atoms with E-state index >= 15 is 0 Å². The van der Waals surface area contributed by atoms with Gasteiger partial charge in [-0.25, -0.2) is 0 Å². The van der Waals surface area contributed by atoms with Gasteiger partial charge in [-0.3, -0.25) is 24.1 Å². The van der Waals surface area contributed by atoms with E-state index in [9.17, 15) is 19.2 Å². The van der Waals surface area contributed by atoms with Crippen LogP contribution in [0.4, 0.5) is 5.69 Å². The van der Waals surface area contributed by atoms with E-state index in [1.165, 1.54) is 12.0 Å². The Morgan fingerprint density at radius 2 is 1.82 bits per heavy atom. The average Bonchev–Trinajstić information content (AvgIpc) is 3.12. The number of amides is 3. The molecule has 0 spiro atoms. The Morgan fingerprint density at radius 1 is 1.12 bits per heavy atom. The molecular formula is C25H27N3O5. The van der Waals surface area contributed by atoms with Gasteiger partial charge in [0.15, 0.2) is 0 Å². The van der Waals surface area contributed by atoms with Crippen LogP contribution in [0.5, 0.6) is 0 Å². The van der Waals surface area contributed by atoms with Gasteiger partial charge in [0, 0.05) is 6.42 Å². The number of anilines is 1. The van der Waals surface area contributed by atoms with Crippen molar-refractivity contribution < 1.29 is 23.9 Å². The van der Waals surface area contributed by atoms with Crippen molar-refractivity contribution in [1.29, 1.82) is 0 Å². The van der Waals surface area contributed by atoms with Crippen molar-refractivity contribution in [2.45, 2.75) is 44.8 Å². The number of fused-ring (bicyclic) bond motifs is 3. The zero-order valence-corrected chi connectivity index (χ0v) is 19.0. The molecule has 1 saturated heterocycles. The summed E-state index contributed by atoms with van der Waals surface area (Å²) < 4.78 is 4.80. The molecule has 3 amide bonds. The highest BCUT2D eigenvalue weighted by molar-refractivity contribution is 6.11. The predicted molar refractivity (Wildman–Crippen MR) is 121 cm³/mol. The minimum Gasteiger partial charge on any atom is -0.469 e. The van der Waals surface area contributed by atoms with Gasteiger partial charge in [-0.1, -0.05) is 42.0 Å². The maximum Gasteiger partial charge on any atom is 0.307 e. The van der Waals surface area contributed by atoms with E-state index < -0.39 is 23.6 Å². The Bertz CT molecular complexity index is 1110. The lowest BCUT2D eigenvalue weighted by Crippen LogP contribution is -2.64.